The molecular weight excluding hydrogens is 441 g/mol. The van der Waals surface area contributed by atoms with Gasteiger partial charge in [-0.05, 0) is 54.1 Å². The Bertz CT molecular complexity index is 1150. The van der Waals surface area contributed by atoms with E-state index in [1.54, 1.807) is 36.3 Å². The zero-order chi connectivity index (χ0) is 23.2. The maximum absolute atomic E-state index is 13.2. The molecule has 0 bridgehead atoms. The van der Waals surface area contributed by atoms with Gasteiger partial charge in [0.2, 0.25) is 11.8 Å². The van der Waals surface area contributed by atoms with E-state index in [0.717, 1.165) is 5.56 Å². The molecule has 168 valence electrons. The lowest BCUT2D eigenvalue weighted by Gasteiger charge is -2.32. The van der Waals surface area contributed by atoms with E-state index in [1.165, 1.54) is 36.0 Å². The third kappa shape index (κ3) is 5.78. The number of hydrogen-bond acceptors (Lipinski definition) is 5. The van der Waals surface area contributed by atoms with Crippen LogP contribution in [0.5, 0.6) is 5.75 Å². The zero-order valence-corrected chi connectivity index (χ0v) is 18.7. The molecule has 1 heterocycles. The Balaban J connectivity index is 1.59. The van der Waals surface area contributed by atoms with Crippen LogP contribution in [0.1, 0.15) is 12.0 Å². The first-order valence-corrected chi connectivity index (χ1v) is 11.2. The van der Waals surface area contributed by atoms with Crippen LogP contribution in [0, 0.1) is 5.82 Å². The van der Waals surface area contributed by atoms with E-state index in [0.29, 0.717) is 28.8 Å². The zero-order valence-electron chi connectivity index (χ0n) is 17.9. The number of benzene rings is 3. The number of nitrogens with zero attached hydrogens (tertiary/aromatic N) is 2. The Labute approximate surface area is 195 Å². The molecule has 33 heavy (non-hydrogen) atoms. The number of methoxy groups -OCH3 is 1. The van der Waals surface area contributed by atoms with E-state index in [-0.39, 0.29) is 24.1 Å². The summed E-state index contributed by atoms with van der Waals surface area (Å²) in [6, 6.07) is 22.3. The number of nitrogens with one attached hydrogen (secondary N) is 1. The molecule has 6 nitrogen and oxygen atoms in total. The van der Waals surface area contributed by atoms with Gasteiger partial charge in [-0.25, -0.2) is 9.38 Å². The Morgan fingerprint density at radius 3 is 2.45 bits per heavy atom. The number of carbonyl (C=O) groups is 2. The molecule has 1 aliphatic heterocycles. The molecule has 1 unspecified atom stereocenters. The molecule has 1 saturated heterocycles. The minimum Gasteiger partial charge on any atom is -0.497 e. The van der Waals surface area contributed by atoms with E-state index < -0.39 is 5.25 Å². The number of rotatable bonds is 6. The minimum atomic E-state index is -0.661. The number of anilines is 1. The summed E-state index contributed by atoms with van der Waals surface area (Å²) in [4.78, 5) is 32.2. The molecular formula is C25H22FN3O3S. The summed E-state index contributed by atoms with van der Waals surface area (Å²) >= 11 is 1.24. The van der Waals surface area contributed by atoms with Crippen LogP contribution in [0.25, 0.3) is 0 Å². The third-order valence-electron chi connectivity index (χ3n) is 5.02. The Hall–Kier alpha value is -3.65. The summed E-state index contributed by atoms with van der Waals surface area (Å²) in [5.74, 6) is -0.212. The first-order chi connectivity index (χ1) is 16.0. The summed E-state index contributed by atoms with van der Waals surface area (Å²) in [5.41, 5.74) is 2.07. The normalized spacial score (nSPS) is 17.2. The SMILES string of the molecule is COc1ccc(N=C2SC(C(=O)Nc3ccc(F)cc3)CC(=O)N2Cc2ccccc2)cc1. The predicted octanol–water partition coefficient (Wildman–Crippen LogP) is 4.99. The van der Waals surface area contributed by atoms with Gasteiger partial charge in [0.25, 0.3) is 0 Å². The Morgan fingerprint density at radius 1 is 1.09 bits per heavy atom. The maximum Gasteiger partial charge on any atom is 0.238 e. The molecule has 1 fully saturated rings. The lowest BCUT2D eigenvalue weighted by Crippen LogP contribution is -2.44. The molecule has 0 aliphatic carbocycles. The molecule has 8 heteroatoms. The number of amides is 2. The smallest absolute Gasteiger partial charge is 0.238 e. The van der Waals surface area contributed by atoms with Gasteiger partial charge in [0.05, 0.1) is 19.3 Å². The van der Waals surface area contributed by atoms with Gasteiger partial charge in [-0.15, -0.1) is 0 Å². The fraction of sp³-hybridized carbons (Fsp3) is 0.160. The second kappa shape index (κ2) is 10.3. The minimum absolute atomic E-state index is 0.0339. The van der Waals surface area contributed by atoms with Gasteiger partial charge in [-0.1, -0.05) is 42.1 Å². The van der Waals surface area contributed by atoms with E-state index in [1.807, 2.05) is 30.3 Å². The van der Waals surface area contributed by atoms with Gasteiger partial charge in [0, 0.05) is 12.1 Å². The molecule has 4 rings (SSSR count). The fourth-order valence-corrected chi connectivity index (χ4v) is 4.38. The molecule has 1 N–H and O–H groups in total. The largest absolute Gasteiger partial charge is 0.497 e. The van der Waals surface area contributed by atoms with E-state index in [4.69, 9.17) is 4.74 Å². The van der Waals surface area contributed by atoms with E-state index in [9.17, 15) is 14.0 Å². The molecule has 0 radical (unpaired) electrons. The number of thioether (sulfide) groups is 1. The summed E-state index contributed by atoms with van der Waals surface area (Å²) in [5, 5.41) is 2.54. The van der Waals surface area contributed by atoms with Crippen molar-refractivity contribution in [1.82, 2.24) is 4.90 Å². The van der Waals surface area contributed by atoms with E-state index in [2.05, 4.69) is 10.3 Å². The Kier molecular flexibility index (Phi) is 7.04. The van der Waals surface area contributed by atoms with Crippen molar-refractivity contribution in [3.05, 3.63) is 90.2 Å². The second-order valence-electron chi connectivity index (χ2n) is 7.36. The second-order valence-corrected chi connectivity index (χ2v) is 8.53. The van der Waals surface area contributed by atoms with E-state index >= 15 is 0 Å². The van der Waals surface area contributed by atoms with Gasteiger partial charge < -0.3 is 10.1 Å². The maximum atomic E-state index is 13.2. The van der Waals surface area contributed by atoms with Gasteiger partial charge in [-0.3, -0.25) is 14.5 Å². The number of carbonyl (C=O) groups excluding carboxylic acids is 2. The van der Waals surface area contributed by atoms with Crippen LogP contribution in [0.2, 0.25) is 0 Å². The average Bonchev–Trinajstić information content (AvgIpc) is 2.83. The molecule has 1 atom stereocenters. The van der Waals surface area contributed by atoms with Crippen molar-refractivity contribution in [3.8, 4) is 5.75 Å². The predicted molar refractivity (Wildman–Crippen MR) is 128 cm³/mol. The molecule has 0 saturated carbocycles. The van der Waals surface area contributed by atoms with Gasteiger partial charge >= 0.3 is 0 Å². The number of ether oxygens (including phenoxy) is 1. The average molecular weight is 464 g/mol. The van der Waals surface area contributed by atoms with Crippen molar-refractivity contribution in [2.24, 2.45) is 4.99 Å². The fourth-order valence-electron chi connectivity index (χ4n) is 3.29. The number of hydrogen-bond donors (Lipinski definition) is 1. The standard InChI is InChI=1S/C25H22FN3O3S/c1-32-21-13-11-20(12-14-21)28-25-29(16-17-5-3-2-4-6-17)23(30)15-22(33-25)24(31)27-19-9-7-18(26)8-10-19/h2-14,22H,15-16H2,1H3,(H,27,31). The molecule has 0 aromatic heterocycles. The van der Waals surface area contributed by atoms with Crippen molar-refractivity contribution in [3.63, 3.8) is 0 Å². The molecule has 3 aromatic carbocycles. The summed E-state index contributed by atoms with van der Waals surface area (Å²) in [7, 11) is 1.59. The van der Waals surface area contributed by atoms with Crippen LogP contribution in [0.3, 0.4) is 0 Å². The summed E-state index contributed by atoms with van der Waals surface area (Å²) < 4.78 is 18.4. The van der Waals surface area contributed by atoms with Crippen molar-refractivity contribution in [2.75, 3.05) is 12.4 Å². The van der Waals surface area contributed by atoms with Crippen molar-refractivity contribution >= 4 is 40.1 Å². The highest BCUT2D eigenvalue weighted by molar-refractivity contribution is 8.15. The lowest BCUT2D eigenvalue weighted by molar-refractivity contribution is -0.129. The van der Waals surface area contributed by atoms with Gasteiger partial charge in [0.15, 0.2) is 5.17 Å². The monoisotopic (exact) mass is 463 g/mol. The highest BCUT2D eigenvalue weighted by atomic mass is 32.2. The first kappa shape index (κ1) is 22.5. The molecule has 1 aliphatic rings. The van der Waals surface area contributed by atoms with Crippen LogP contribution >= 0.6 is 11.8 Å². The molecule has 0 spiro atoms. The van der Waals surface area contributed by atoms with Crippen LogP contribution in [0.15, 0.2) is 83.9 Å². The van der Waals surface area contributed by atoms with Crippen LogP contribution in [-0.4, -0.2) is 34.2 Å². The topological polar surface area (TPSA) is 71.0 Å². The lowest BCUT2D eigenvalue weighted by atomic mass is 10.2. The number of halogens is 1. The van der Waals surface area contributed by atoms with Crippen LogP contribution in [-0.2, 0) is 16.1 Å². The van der Waals surface area contributed by atoms with Crippen molar-refractivity contribution in [1.29, 1.82) is 0 Å². The number of amidine groups is 1. The quantitative estimate of drug-likeness (QED) is 0.559. The van der Waals surface area contributed by atoms with Crippen LogP contribution < -0.4 is 10.1 Å². The first-order valence-electron chi connectivity index (χ1n) is 10.3. The van der Waals surface area contributed by atoms with Crippen molar-refractivity contribution in [2.45, 2.75) is 18.2 Å². The highest BCUT2D eigenvalue weighted by Gasteiger charge is 2.36. The third-order valence-corrected chi connectivity index (χ3v) is 6.21. The summed E-state index contributed by atoms with van der Waals surface area (Å²) in [6.45, 7) is 0.355. The molecule has 3 aromatic rings. The highest BCUT2D eigenvalue weighted by Crippen LogP contribution is 2.31. The van der Waals surface area contributed by atoms with Gasteiger partial charge in [-0.2, -0.15) is 0 Å². The van der Waals surface area contributed by atoms with Crippen LogP contribution in [0.4, 0.5) is 15.8 Å². The van der Waals surface area contributed by atoms with Gasteiger partial charge in [0.1, 0.15) is 16.8 Å². The Morgan fingerprint density at radius 2 is 1.79 bits per heavy atom. The number of aliphatic imine (C=N–C) groups is 1. The molecule has 2 amide bonds. The summed E-state index contributed by atoms with van der Waals surface area (Å²) in [6.07, 6.45) is 0.0339. The van der Waals surface area contributed by atoms with Crippen molar-refractivity contribution < 1.29 is 18.7 Å².